The molecule has 0 bridgehead atoms. The third-order valence-corrected chi connectivity index (χ3v) is 2.35. The number of phenols is 1. The molecule has 0 aliphatic heterocycles. The molecule has 1 rings (SSSR count). The van der Waals surface area contributed by atoms with Crippen LogP contribution >= 0.6 is 0 Å². The Labute approximate surface area is 101 Å². The lowest BCUT2D eigenvalue weighted by molar-refractivity contribution is -0.139. The van der Waals surface area contributed by atoms with Crippen LogP contribution in [0.2, 0.25) is 0 Å². The minimum atomic E-state index is -4.80. The summed E-state index contributed by atoms with van der Waals surface area (Å²) in [6.07, 6.45) is -1.24. The largest absolute Gasteiger partial charge is 0.507 e. The van der Waals surface area contributed by atoms with Crippen LogP contribution in [-0.4, -0.2) is 16.4 Å². The maximum atomic E-state index is 12.9. The minimum Gasteiger partial charge on any atom is -0.507 e. The first-order valence-corrected chi connectivity index (χ1v) is 4.88. The van der Waals surface area contributed by atoms with Crippen LogP contribution in [0.25, 0.3) is 0 Å². The second-order valence-corrected chi connectivity index (χ2v) is 3.53. The van der Waals surface area contributed by atoms with Crippen LogP contribution < -0.4 is 0 Å². The molecule has 6 heteroatoms. The van der Waals surface area contributed by atoms with Crippen molar-refractivity contribution in [1.82, 2.24) is 0 Å². The van der Waals surface area contributed by atoms with Crippen molar-refractivity contribution in [3.63, 3.8) is 0 Å². The summed E-state index contributed by atoms with van der Waals surface area (Å²) in [5.74, 6) is 1.39. The number of hydrogen-bond acceptors (Lipinski definition) is 3. The average molecular weight is 257 g/mol. The fourth-order valence-corrected chi connectivity index (χ4v) is 1.59. The van der Waals surface area contributed by atoms with E-state index in [2.05, 4.69) is 5.92 Å². The molecule has 0 amide bonds. The van der Waals surface area contributed by atoms with Gasteiger partial charge in [-0.2, -0.15) is 13.2 Å². The van der Waals surface area contributed by atoms with Gasteiger partial charge in [-0.15, -0.1) is 12.3 Å². The van der Waals surface area contributed by atoms with Gasteiger partial charge in [0.1, 0.15) is 5.75 Å². The standard InChI is InChI=1S/C12H10F3NO2/c1-2-3-9(17)7-4-5-10(18)8(6-16)11(7)12(13,14)15/h1,4-6,9,16-18H,3H2. The zero-order chi connectivity index (χ0) is 13.9. The summed E-state index contributed by atoms with van der Waals surface area (Å²) in [5, 5.41) is 25.8. The zero-order valence-electron chi connectivity index (χ0n) is 9.12. The zero-order valence-corrected chi connectivity index (χ0v) is 9.12. The number of aliphatic hydroxyl groups excluding tert-OH is 1. The fraction of sp³-hybridized carbons (Fsp3) is 0.250. The topological polar surface area (TPSA) is 64.3 Å². The molecular weight excluding hydrogens is 247 g/mol. The van der Waals surface area contributed by atoms with Crippen LogP contribution in [0, 0.1) is 17.8 Å². The Morgan fingerprint density at radius 2 is 2.06 bits per heavy atom. The van der Waals surface area contributed by atoms with Crippen molar-refractivity contribution >= 4 is 6.21 Å². The van der Waals surface area contributed by atoms with Gasteiger partial charge in [-0.25, -0.2) is 0 Å². The van der Waals surface area contributed by atoms with Crippen molar-refractivity contribution < 1.29 is 23.4 Å². The number of rotatable bonds is 3. The number of hydrogen-bond donors (Lipinski definition) is 3. The van der Waals surface area contributed by atoms with Gasteiger partial charge >= 0.3 is 6.18 Å². The molecule has 3 nitrogen and oxygen atoms in total. The average Bonchev–Trinajstić information content (AvgIpc) is 2.27. The number of nitrogens with one attached hydrogen (secondary N) is 1. The number of phenolic OH excluding ortho intramolecular Hbond substituents is 1. The van der Waals surface area contributed by atoms with Gasteiger partial charge < -0.3 is 15.6 Å². The Bertz CT molecular complexity index is 503. The molecule has 1 aromatic rings. The van der Waals surface area contributed by atoms with Gasteiger partial charge in [0.25, 0.3) is 0 Å². The Morgan fingerprint density at radius 1 is 1.44 bits per heavy atom. The highest BCUT2D eigenvalue weighted by Gasteiger charge is 2.38. The number of aliphatic hydroxyl groups is 1. The van der Waals surface area contributed by atoms with E-state index in [0.717, 1.165) is 12.1 Å². The lowest BCUT2D eigenvalue weighted by Crippen LogP contribution is -2.15. The molecule has 1 unspecified atom stereocenters. The Kier molecular flexibility index (Phi) is 3.99. The van der Waals surface area contributed by atoms with Crippen LogP contribution in [-0.2, 0) is 6.18 Å². The van der Waals surface area contributed by atoms with E-state index in [4.69, 9.17) is 11.8 Å². The summed E-state index contributed by atoms with van der Waals surface area (Å²) in [6.45, 7) is 0. The van der Waals surface area contributed by atoms with E-state index in [1.807, 2.05) is 0 Å². The highest BCUT2D eigenvalue weighted by molar-refractivity contribution is 5.84. The lowest BCUT2D eigenvalue weighted by Gasteiger charge is -2.19. The molecule has 18 heavy (non-hydrogen) atoms. The molecule has 0 aromatic heterocycles. The molecule has 0 spiro atoms. The highest BCUT2D eigenvalue weighted by atomic mass is 19.4. The van der Waals surface area contributed by atoms with Crippen LogP contribution in [0.15, 0.2) is 12.1 Å². The summed E-state index contributed by atoms with van der Waals surface area (Å²) < 4.78 is 38.7. The molecule has 96 valence electrons. The number of benzene rings is 1. The first-order valence-electron chi connectivity index (χ1n) is 4.88. The maximum absolute atomic E-state index is 12.9. The van der Waals surface area contributed by atoms with Gasteiger partial charge in [0.05, 0.1) is 11.7 Å². The van der Waals surface area contributed by atoms with E-state index in [1.165, 1.54) is 0 Å². The first-order chi connectivity index (χ1) is 8.32. The van der Waals surface area contributed by atoms with E-state index in [9.17, 15) is 23.4 Å². The van der Waals surface area contributed by atoms with Crippen LogP contribution in [0.1, 0.15) is 29.2 Å². The third kappa shape index (κ3) is 2.63. The van der Waals surface area contributed by atoms with E-state index in [0.29, 0.717) is 6.21 Å². The summed E-state index contributed by atoms with van der Waals surface area (Å²) in [4.78, 5) is 0. The van der Waals surface area contributed by atoms with Crippen molar-refractivity contribution in [2.24, 2.45) is 0 Å². The fourth-order valence-electron chi connectivity index (χ4n) is 1.59. The lowest BCUT2D eigenvalue weighted by atomic mass is 9.95. The van der Waals surface area contributed by atoms with E-state index >= 15 is 0 Å². The number of terminal acetylenes is 1. The monoisotopic (exact) mass is 257 g/mol. The Balaban J connectivity index is 3.54. The molecule has 0 aliphatic carbocycles. The molecule has 3 N–H and O–H groups in total. The predicted octanol–water partition coefficient (Wildman–Crippen LogP) is 2.47. The molecule has 1 atom stereocenters. The quantitative estimate of drug-likeness (QED) is 0.575. The molecule has 1 aromatic carbocycles. The van der Waals surface area contributed by atoms with Gasteiger partial charge in [-0.05, 0) is 11.6 Å². The SMILES string of the molecule is C#CCC(O)c1ccc(O)c(C=N)c1C(F)(F)F. The Morgan fingerprint density at radius 3 is 2.50 bits per heavy atom. The molecule has 0 heterocycles. The second kappa shape index (κ2) is 5.10. The van der Waals surface area contributed by atoms with Crippen molar-refractivity contribution in [3.8, 4) is 18.1 Å². The van der Waals surface area contributed by atoms with Gasteiger partial charge in [0.15, 0.2) is 0 Å². The van der Waals surface area contributed by atoms with Gasteiger partial charge in [0, 0.05) is 18.2 Å². The maximum Gasteiger partial charge on any atom is 0.417 e. The van der Waals surface area contributed by atoms with Crippen LogP contribution in [0.3, 0.4) is 0 Å². The van der Waals surface area contributed by atoms with E-state index < -0.39 is 34.7 Å². The second-order valence-electron chi connectivity index (χ2n) is 3.53. The van der Waals surface area contributed by atoms with Gasteiger partial charge in [0.2, 0.25) is 0 Å². The van der Waals surface area contributed by atoms with E-state index in [1.54, 1.807) is 0 Å². The van der Waals surface area contributed by atoms with Crippen molar-refractivity contribution in [1.29, 1.82) is 5.41 Å². The van der Waals surface area contributed by atoms with Gasteiger partial charge in [-0.3, -0.25) is 0 Å². The molecule has 0 saturated carbocycles. The molecule has 0 radical (unpaired) electrons. The number of aromatic hydroxyl groups is 1. The van der Waals surface area contributed by atoms with Crippen molar-refractivity contribution in [3.05, 3.63) is 28.8 Å². The molecule has 0 fully saturated rings. The molecule has 0 aliphatic rings. The smallest absolute Gasteiger partial charge is 0.417 e. The number of alkyl halides is 3. The normalized spacial score (nSPS) is 12.8. The predicted molar refractivity (Wildman–Crippen MR) is 59.4 cm³/mol. The summed E-state index contributed by atoms with van der Waals surface area (Å²) in [6, 6.07) is 1.94. The molecular formula is C12H10F3NO2. The first kappa shape index (κ1) is 14.1. The summed E-state index contributed by atoms with van der Waals surface area (Å²) >= 11 is 0. The number of halogens is 3. The molecule has 0 saturated heterocycles. The van der Waals surface area contributed by atoms with Crippen molar-refractivity contribution in [2.75, 3.05) is 0 Å². The van der Waals surface area contributed by atoms with Crippen LogP contribution in [0.4, 0.5) is 13.2 Å². The van der Waals surface area contributed by atoms with Gasteiger partial charge in [-0.1, -0.05) is 6.07 Å². The summed E-state index contributed by atoms with van der Waals surface area (Å²) in [7, 11) is 0. The van der Waals surface area contributed by atoms with Crippen LogP contribution in [0.5, 0.6) is 5.75 Å². The minimum absolute atomic E-state index is 0.286. The van der Waals surface area contributed by atoms with Crippen molar-refractivity contribution in [2.45, 2.75) is 18.7 Å². The van der Waals surface area contributed by atoms with E-state index in [-0.39, 0.29) is 6.42 Å². The third-order valence-electron chi connectivity index (χ3n) is 2.35. The Hall–Kier alpha value is -2.00. The highest BCUT2D eigenvalue weighted by Crippen LogP contribution is 2.40. The summed E-state index contributed by atoms with van der Waals surface area (Å²) in [5.41, 5.74) is -2.37.